The van der Waals surface area contributed by atoms with Gasteiger partial charge in [-0.25, -0.2) is 4.79 Å². The average Bonchev–Trinajstić information content (AvgIpc) is 2.46. The number of amides is 2. The van der Waals surface area contributed by atoms with Crippen LogP contribution in [0.5, 0.6) is 0 Å². The lowest BCUT2D eigenvalue weighted by molar-refractivity contribution is -0.134. The van der Waals surface area contributed by atoms with Crippen LogP contribution in [-0.2, 0) is 9.59 Å². The van der Waals surface area contributed by atoms with Crippen LogP contribution >= 0.6 is 0 Å². The van der Waals surface area contributed by atoms with E-state index in [0.29, 0.717) is 22.9 Å². The van der Waals surface area contributed by atoms with Crippen LogP contribution in [0, 0.1) is 0 Å². The Labute approximate surface area is 119 Å². The summed E-state index contributed by atoms with van der Waals surface area (Å²) in [4.78, 5) is 38.6. The standard InChI is InChI=1S/C15H12N2O4/c18-13-5-4-10(14(19)17-13)12-6-11-8(7-16-12)2-1-3-9(11)15(20)21/h1-3,6-7,10H,4-5H2,(H,20,21)(H,17,18,19). The van der Waals surface area contributed by atoms with Crippen molar-refractivity contribution >= 4 is 28.6 Å². The zero-order chi connectivity index (χ0) is 15.0. The van der Waals surface area contributed by atoms with Gasteiger partial charge in [-0.1, -0.05) is 12.1 Å². The van der Waals surface area contributed by atoms with Gasteiger partial charge < -0.3 is 5.11 Å². The maximum Gasteiger partial charge on any atom is 0.336 e. The fourth-order valence-electron chi connectivity index (χ4n) is 2.54. The Hall–Kier alpha value is -2.76. The highest BCUT2D eigenvalue weighted by Crippen LogP contribution is 2.27. The Morgan fingerprint density at radius 3 is 2.86 bits per heavy atom. The van der Waals surface area contributed by atoms with Crippen molar-refractivity contribution in [3.05, 3.63) is 41.7 Å². The van der Waals surface area contributed by atoms with E-state index in [1.54, 1.807) is 24.4 Å². The summed E-state index contributed by atoms with van der Waals surface area (Å²) in [6.45, 7) is 0. The number of carboxylic acid groups (broad SMARTS) is 1. The Balaban J connectivity index is 2.08. The number of carbonyl (C=O) groups excluding carboxylic acids is 2. The lowest BCUT2D eigenvalue weighted by Gasteiger charge is -2.20. The number of hydrogen-bond acceptors (Lipinski definition) is 4. The molecule has 2 amide bonds. The highest BCUT2D eigenvalue weighted by atomic mass is 16.4. The number of hydrogen-bond donors (Lipinski definition) is 2. The van der Waals surface area contributed by atoms with Crippen LogP contribution < -0.4 is 5.32 Å². The summed E-state index contributed by atoms with van der Waals surface area (Å²) in [5.74, 6) is -2.22. The van der Waals surface area contributed by atoms with Gasteiger partial charge in [0, 0.05) is 18.0 Å². The van der Waals surface area contributed by atoms with Gasteiger partial charge in [-0.05, 0) is 23.9 Å². The Kier molecular flexibility index (Phi) is 3.13. The van der Waals surface area contributed by atoms with Gasteiger partial charge in [0.2, 0.25) is 11.8 Å². The summed E-state index contributed by atoms with van der Waals surface area (Å²) >= 11 is 0. The average molecular weight is 284 g/mol. The Bertz CT molecular complexity index is 769. The number of aromatic carboxylic acids is 1. The van der Waals surface area contributed by atoms with Crippen molar-refractivity contribution < 1.29 is 19.5 Å². The molecular formula is C15H12N2O4. The van der Waals surface area contributed by atoms with Crippen molar-refractivity contribution in [3.63, 3.8) is 0 Å². The number of fused-ring (bicyclic) bond motifs is 1. The molecule has 1 aliphatic rings. The SMILES string of the molecule is O=C1CCC(c2cc3c(C(=O)O)cccc3cn2)C(=O)N1. The van der Waals surface area contributed by atoms with Crippen LogP contribution in [0.3, 0.4) is 0 Å². The predicted molar refractivity (Wildman–Crippen MR) is 73.8 cm³/mol. The van der Waals surface area contributed by atoms with Crippen LogP contribution in [0.4, 0.5) is 0 Å². The number of piperidine rings is 1. The van der Waals surface area contributed by atoms with Crippen LogP contribution in [-0.4, -0.2) is 27.9 Å². The highest BCUT2D eigenvalue weighted by Gasteiger charge is 2.29. The lowest BCUT2D eigenvalue weighted by Crippen LogP contribution is -2.39. The van der Waals surface area contributed by atoms with Crippen molar-refractivity contribution in [2.75, 3.05) is 0 Å². The molecule has 0 radical (unpaired) electrons. The van der Waals surface area contributed by atoms with Gasteiger partial charge in [0.25, 0.3) is 0 Å². The van der Waals surface area contributed by atoms with E-state index < -0.39 is 11.9 Å². The minimum absolute atomic E-state index is 0.170. The van der Waals surface area contributed by atoms with E-state index in [9.17, 15) is 19.5 Å². The monoisotopic (exact) mass is 284 g/mol. The zero-order valence-electron chi connectivity index (χ0n) is 11.0. The molecule has 1 unspecified atom stereocenters. The van der Waals surface area contributed by atoms with Crippen LogP contribution in [0.25, 0.3) is 10.8 Å². The number of pyridine rings is 1. The second-order valence-corrected chi connectivity index (χ2v) is 4.94. The quantitative estimate of drug-likeness (QED) is 0.814. The van der Waals surface area contributed by atoms with Gasteiger partial charge >= 0.3 is 5.97 Å². The summed E-state index contributed by atoms with van der Waals surface area (Å²) in [5.41, 5.74) is 0.657. The first-order valence-electron chi connectivity index (χ1n) is 6.52. The summed E-state index contributed by atoms with van der Waals surface area (Å²) in [5, 5.41) is 12.7. The smallest absolute Gasteiger partial charge is 0.336 e. The summed E-state index contributed by atoms with van der Waals surface area (Å²) in [6.07, 6.45) is 2.20. The summed E-state index contributed by atoms with van der Waals surface area (Å²) in [6, 6.07) is 6.56. The predicted octanol–water partition coefficient (Wildman–Crippen LogP) is 1.45. The molecule has 1 aliphatic heterocycles. The summed E-state index contributed by atoms with van der Waals surface area (Å²) < 4.78 is 0. The molecule has 3 rings (SSSR count). The molecule has 2 N–H and O–H groups in total. The third kappa shape index (κ3) is 2.35. The van der Waals surface area contributed by atoms with E-state index in [1.807, 2.05) is 0 Å². The molecular weight excluding hydrogens is 272 g/mol. The van der Waals surface area contributed by atoms with Gasteiger partial charge in [-0.3, -0.25) is 19.9 Å². The van der Waals surface area contributed by atoms with Gasteiger partial charge in [0.15, 0.2) is 0 Å². The first-order valence-corrected chi connectivity index (χ1v) is 6.52. The molecule has 1 fully saturated rings. The maximum atomic E-state index is 11.9. The van der Waals surface area contributed by atoms with Crippen molar-refractivity contribution in [1.82, 2.24) is 10.3 Å². The van der Waals surface area contributed by atoms with E-state index in [2.05, 4.69) is 10.3 Å². The molecule has 6 heteroatoms. The lowest BCUT2D eigenvalue weighted by atomic mass is 9.92. The number of rotatable bonds is 2. The third-order valence-electron chi connectivity index (χ3n) is 3.61. The first-order chi connectivity index (χ1) is 10.1. The maximum absolute atomic E-state index is 11.9. The third-order valence-corrected chi connectivity index (χ3v) is 3.61. The normalized spacial score (nSPS) is 18.6. The molecule has 2 aromatic rings. The van der Waals surface area contributed by atoms with Gasteiger partial charge in [0.1, 0.15) is 0 Å². The van der Waals surface area contributed by atoms with Gasteiger partial charge in [0.05, 0.1) is 17.2 Å². The number of aromatic nitrogens is 1. The largest absolute Gasteiger partial charge is 0.478 e. The fourth-order valence-corrected chi connectivity index (χ4v) is 2.54. The van der Waals surface area contributed by atoms with E-state index >= 15 is 0 Å². The molecule has 1 atom stereocenters. The number of carbonyl (C=O) groups is 3. The van der Waals surface area contributed by atoms with Crippen molar-refractivity contribution in [3.8, 4) is 0 Å². The van der Waals surface area contributed by atoms with E-state index in [1.165, 1.54) is 6.07 Å². The molecule has 0 spiro atoms. The minimum atomic E-state index is -1.03. The molecule has 2 heterocycles. The topological polar surface area (TPSA) is 96.4 Å². The molecule has 106 valence electrons. The molecule has 0 bridgehead atoms. The molecule has 0 aliphatic carbocycles. The van der Waals surface area contributed by atoms with E-state index in [-0.39, 0.29) is 23.8 Å². The zero-order valence-corrected chi connectivity index (χ0v) is 11.0. The molecule has 1 aromatic carbocycles. The van der Waals surface area contributed by atoms with Crippen molar-refractivity contribution in [2.24, 2.45) is 0 Å². The van der Waals surface area contributed by atoms with Crippen LogP contribution in [0.1, 0.15) is 34.8 Å². The molecule has 0 saturated carbocycles. The number of benzene rings is 1. The number of imide groups is 1. The van der Waals surface area contributed by atoms with Crippen molar-refractivity contribution in [1.29, 1.82) is 0 Å². The van der Waals surface area contributed by atoms with E-state index in [0.717, 1.165) is 0 Å². The van der Waals surface area contributed by atoms with Gasteiger partial charge in [-0.2, -0.15) is 0 Å². The molecule has 1 aromatic heterocycles. The number of carboxylic acids is 1. The van der Waals surface area contributed by atoms with Gasteiger partial charge in [-0.15, -0.1) is 0 Å². The highest BCUT2D eigenvalue weighted by molar-refractivity contribution is 6.04. The Morgan fingerprint density at radius 1 is 1.33 bits per heavy atom. The molecule has 1 saturated heterocycles. The van der Waals surface area contributed by atoms with Crippen LogP contribution in [0.15, 0.2) is 30.5 Å². The number of nitrogens with zero attached hydrogens (tertiary/aromatic N) is 1. The molecule has 6 nitrogen and oxygen atoms in total. The van der Waals surface area contributed by atoms with Crippen molar-refractivity contribution in [2.45, 2.75) is 18.8 Å². The number of nitrogens with one attached hydrogen (secondary N) is 1. The second kappa shape index (κ2) is 4.97. The minimum Gasteiger partial charge on any atom is -0.478 e. The second-order valence-electron chi connectivity index (χ2n) is 4.94. The summed E-state index contributed by atoms with van der Waals surface area (Å²) in [7, 11) is 0. The Morgan fingerprint density at radius 2 is 2.14 bits per heavy atom. The van der Waals surface area contributed by atoms with E-state index in [4.69, 9.17) is 0 Å². The molecule has 21 heavy (non-hydrogen) atoms. The first kappa shape index (κ1) is 13.2. The van der Waals surface area contributed by atoms with Crippen LogP contribution in [0.2, 0.25) is 0 Å². The fraction of sp³-hybridized carbons (Fsp3) is 0.200.